The van der Waals surface area contributed by atoms with E-state index in [0.29, 0.717) is 12.6 Å². The second-order valence-corrected chi connectivity index (χ2v) is 6.20. The Hall–Kier alpha value is -1.42. The van der Waals surface area contributed by atoms with Gasteiger partial charge in [0.15, 0.2) is 0 Å². The third-order valence-corrected chi connectivity index (χ3v) is 4.59. The Morgan fingerprint density at radius 1 is 1.27 bits per heavy atom. The van der Waals surface area contributed by atoms with Gasteiger partial charge in [0, 0.05) is 6.04 Å². The molecule has 122 valence electrons. The summed E-state index contributed by atoms with van der Waals surface area (Å²) in [4.78, 5) is 14.6. The molecule has 1 amide bonds. The molecule has 1 N–H and O–H groups in total. The Morgan fingerprint density at radius 2 is 1.91 bits per heavy atom. The van der Waals surface area contributed by atoms with Crippen LogP contribution in [0.4, 0.5) is 4.39 Å². The molecule has 1 aliphatic rings. The largest absolute Gasteiger partial charge is 0.348 e. The van der Waals surface area contributed by atoms with Gasteiger partial charge in [-0.3, -0.25) is 9.69 Å². The number of carbonyl (C=O) groups excluding carboxylic acids is 1. The molecule has 0 radical (unpaired) electrons. The Labute approximate surface area is 132 Å². The molecule has 0 spiro atoms. The van der Waals surface area contributed by atoms with Gasteiger partial charge in [0.2, 0.25) is 5.91 Å². The SMILES string of the molecule is CCN(CC(=O)NC(C)c1ccc(F)cc1)C1CCCCC1. The smallest absolute Gasteiger partial charge is 0.234 e. The first-order valence-electron chi connectivity index (χ1n) is 8.39. The summed E-state index contributed by atoms with van der Waals surface area (Å²) in [7, 11) is 0. The van der Waals surface area contributed by atoms with E-state index in [0.717, 1.165) is 12.1 Å². The van der Waals surface area contributed by atoms with Gasteiger partial charge in [-0.1, -0.05) is 38.3 Å². The van der Waals surface area contributed by atoms with Crippen molar-refractivity contribution in [3.63, 3.8) is 0 Å². The number of hydrogen-bond donors (Lipinski definition) is 1. The Bertz CT molecular complexity index is 468. The molecule has 1 aliphatic carbocycles. The molecule has 0 bridgehead atoms. The van der Waals surface area contributed by atoms with Gasteiger partial charge in [-0.05, 0) is 44.0 Å². The Kier molecular flexibility index (Phi) is 6.37. The summed E-state index contributed by atoms with van der Waals surface area (Å²) in [5, 5.41) is 3.02. The second-order valence-electron chi connectivity index (χ2n) is 6.20. The van der Waals surface area contributed by atoms with Crippen molar-refractivity contribution in [1.82, 2.24) is 10.2 Å². The van der Waals surface area contributed by atoms with Gasteiger partial charge in [-0.2, -0.15) is 0 Å². The highest BCUT2D eigenvalue weighted by molar-refractivity contribution is 5.78. The van der Waals surface area contributed by atoms with E-state index < -0.39 is 0 Å². The maximum Gasteiger partial charge on any atom is 0.234 e. The molecule has 0 saturated heterocycles. The molecule has 0 aromatic heterocycles. The summed E-state index contributed by atoms with van der Waals surface area (Å²) >= 11 is 0. The third kappa shape index (κ3) is 4.80. The van der Waals surface area contributed by atoms with Crippen molar-refractivity contribution in [2.45, 2.75) is 58.0 Å². The molecule has 1 saturated carbocycles. The summed E-state index contributed by atoms with van der Waals surface area (Å²) in [6.45, 7) is 5.41. The monoisotopic (exact) mass is 306 g/mol. The fraction of sp³-hybridized carbons (Fsp3) is 0.611. The van der Waals surface area contributed by atoms with Crippen LogP contribution in [0.25, 0.3) is 0 Å². The number of hydrogen-bond acceptors (Lipinski definition) is 2. The van der Waals surface area contributed by atoms with Gasteiger partial charge in [-0.25, -0.2) is 4.39 Å². The molecule has 1 atom stereocenters. The average molecular weight is 306 g/mol. The van der Waals surface area contributed by atoms with Crippen molar-refractivity contribution >= 4 is 5.91 Å². The molecule has 0 heterocycles. The molecule has 4 heteroatoms. The van der Waals surface area contributed by atoms with Crippen LogP contribution in [0.2, 0.25) is 0 Å². The lowest BCUT2D eigenvalue weighted by atomic mass is 9.94. The van der Waals surface area contributed by atoms with E-state index in [4.69, 9.17) is 0 Å². The van der Waals surface area contributed by atoms with Crippen molar-refractivity contribution < 1.29 is 9.18 Å². The molecule has 1 aromatic rings. The maximum atomic E-state index is 12.9. The van der Waals surface area contributed by atoms with Crippen LogP contribution >= 0.6 is 0 Å². The molecule has 3 nitrogen and oxygen atoms in total. The number of nitrogens with zero attached hydrogens (tertiary/aromatic N) is 1. The van der Waals surface area contributed by atoms with Crippen LogP contribution < -0.4 is 5.32 Å². The first kappa shape index (κ1) is 16.9. The first-order chi connectivity index (χ1) is 10.6. The number of carbonyl (C=O) groups is 1. The minimum atomic E-state index is -0.253. The summed E-state index contributed by atoms with van der Waals surface area (Å²) in [6, 6.07) is 6.75. The summed E-state index contributed by atoms with van der Waals surface area (Å²) in [6.07, 6.45) is 6.27. The number of amides is 1. The normalized spacial score (nSPS) is 17.5. The predicted octanol–water partition coefficient (Wildman–Crippen LogP) is 3.66. The van der Waals surface area contributed by atoms with Crippen molar-refractivity contribution in [3.05, 3.63) is 35.6 Å². The number of benzene rings is 1. The van der Waals surface area contributed by atoms with Crippen molar-refractivity contribution in [3.8, 4) is 0 Å². The topological polar surface area (TPSA) is 32.3 Å². The third-order valence-electron chi connectivity index (χ3n) is 4.59. The van der Waals surface area contributed by atoms with Crippen molar-refractivity contribution in [2.75, 3.05) is 13.1 Å². The van der Waals surface area contributed by atoms with E-state index in [1.807, 2.05) is 6.92 Å². The van der Waals surface area contributed by atoms with E-state index >= 15 is 0 Å². The average Bonchev–Trinajstić information content (AvgIpc) is 2.54. The number of likely N-dealkylation sites (N-methyl/N-ethyl adjacent to an activating group) is 1. The number of halogens is 1. The van der Waals surface area contributed by atoms with Crippen molar-refractivity contribution in [1.29, 1.82) is 0 Å². The first-order valence-corrected chi connectivity index (χ1v) is 8.39. The van der Waals surface area contributed by atoms with Crippen LogP contribution in [-0.4, -0.2) is 29.9 Å². The molecule has 1 unspecified atom stereocenters. The molecule has 0 aliphatic heterocycles. The van der Waals surface area contributed by atoms with Gasteiger partial charge in [0.05, 0.1) is 12.6 Å². The van der Waals surface area contributed by atoms with E-state index in [1.54, 1.807) is 12.1 Å². The van der Waals surface area contributed by atoms with Gasteiger partial charge in [0.1, 0.15) is 5.82 Å². The standard InChI is InChI=1S/C18H27FN2O/c1-3-21(17-7-5-4-6-8-17)13-18(22)20-14(2)15-9-11-16(19)12-10-15/h9-12,14,17H,3-8,13H2,1-2H3,(H,20,22). The summed E-state index contributed by atoms with van der Waals surface area (Å²) in [5.41, 5.74) is 0.926. The minimum Gasteiger partial charge on any atom is -0.348 e. The molecule has 2 rings (SSSR count). The van der Waals surface area contributed by atoms with Crippen LogP contribution in [0.3, 0.4) is 0 Å². The molecular formula is C18H27FN2O. The zero-order valence-corrected chi connectivity index (χ0v) is 13.6. The van der Waals surface area contributed by atoms with Gasteiger partial charge in [-0.15, -0.1) is 0 Å². The van der Waals surface area contributed by atoms with E-state index in [1.165, 1.54) is 44.2 Å². The van der Waals surface area contributed by atoms with E-state index in [2.05, 4.69) is 17.1 Å². The Morgan fingerprint density at radius 3 is 2.50 bits per heavy atom. The number of nitrogens with one attached hydrogen (secondary N) is 1. The second kappa shape index (κ2) is 8.28. The zero-order chi connectivity index (χ0) is 15.9. The molecule has 1 fully saturated rings. The highest BCUT2D eigenvalue weighted by atomic mass is 19.1. The highest BCUT2D eigenvalue weighted by Gasteiger charge is 2.22. The quantitative estimate of drug-likeness (QED) is 0.870. The maximum absolute atomic E-state index is 12.9. The van der Waals surface area contributed by atoms with Gasteiger partial charge >= 0.3 is 0 Å². The molecule has 1 aromatic carbocycles. The lowest BCUT2D eigenvalue weighted by Crippen LogP contribution is -2.44. The van der Waals surface area contributed by atoms with Gasteiger partial charge in [0.25, 0.3) is 0 Å². The summed E-state index contributed by atoms with van der Waals surface area (Å²) < 4.78 is 12.9. The van der Waals surface area contributed by atoms with Crippen LogP contribution in [0.15, 0.2) is 24.3 Å². The van der Waals surface area contributed by atoms with E-state index in [-0.39, 0.29) is 17.8 Å². The lowest BCUT2D eigenvalue weighted by Gasteiger charge is -2.33. The summed E-state index contributed by atoms with van der Waals surface area (Å²) in [5.74, 6) is -0.207. The molecular weight excluding hydrogens is 279 g/mol. The van der Waals surface area contributed by atoms with E-state index in [9.17, 15) is 9.18 Å². The van der Waals surface area contributed by atoms with Gasteiger partial charge < -0.3 is 5.32 Å². The van der Waals surface area contributed by atoms with Crippen LogP contribution in [0.1, 0.15) is 57.6 Å². The molecule has 22 heavy (non-hydrogen) atoms. The minimum absolute atomic E-state index is 0.0456. The zero-order valence-electron chi connectivity index (χ0n) is 13.6. The fourth-order valence-electron chi connectivity index (χ4n) is 3.25. The van der Waals surface area contributed by atoms with Crippen LogP contribution in [0.5, 0.6) is 0 Å². The van der Waals surface area contributed by atoms with Crippen molar-refractivity contribution in [2.24, 2.45) is 0 Å². The van der Waals surface area contributed by atoms with Crippen LogP contribution in [-0.2, 0) is 4.79 Å². The Balaban J connectivity index is 1.86. The predicted molar refractivity (Wildman–Crippen MR) is 87.1 cm³/mol. The highest BCUT2D eigenvalue weighted by Crippen LogP contribution is 2.22. The lowest BCUT2D eigenvalue weighted by molar-refractivity contribution is -0.123. The fourth-order valence-corrected chi connectivity index (χ4v) is 3.25. The number of rotatable bonds is 6. The van der Waals surface area contributed by atoms with Crippen LogP contribution in [0, 0.1) is 5.82 Å².